The topological polar surface area (TPSA) is 109 Å². The average molecular weight is 399 g/mol. The molecule has 1 N–H and O–H groups in total. The number of rotatable bonds is 7. The van der Waals surface area contributed by atoms with Crippen molar-refractivity contribution < 1.29 is 19.1 Å². The number of hydrogen-bond acceptors (Lipinski definition) is 7. The molecule has 0 spiro atoms. The lowest BCUT2D eigenvalue weighted by Crippen LogP contribution is -2.18. The predicted octanol–water partition coefficient (Wildman–Crippen LogP) is 3.64. The zero-order chi connectivity index (χ0) is 21.3. The van der Waals surface area contributed by atoms with Gasteiger partial charge >= 0.3 is 11.9 Å². The van der Waals surface area contributed by atoms with Crippen molar-refractivity contribution in [3.8, 4) is 6.07 Å². The maximum absolute atomic E-state index is 12.7. The third-order valence-corrected chi connectivity index (χ3v) is 4.17. The van der Waals surface area contributed by atoms with Gasteiger partial charge in [-0.3, -0.25) is 9.78 Å². The molecule has 0 unspecified atom stereocenters. The summed E-state index contributed by atoms with van der Waals surface area (Å²) in [6.07, 6.45) is 1.74. The molecule has 0 saturated carbocycles. The summed E-state index contributed by atoms with van der Waals surface area (Å²) in [5, 5.41) is 11.6. The summed E-state index contributed by atoms with van der Waals surface area (Å²) in [5.74, 6) is -2.25. The van der Waals surface area contributed by atoms with Crippen LogP contribution in [0.4, 0.5) is 5.69 Å². The van der Waals surface area contributed by atoms with Gasteiger partial charge in [-0.2, -0.15) is 5.26 Å². The first-order chi connectivity index (χ1) is 14.6. The first kappa shape index (κ1) is 20.4. The van der Waals surface area contributed by atoms with E-state index in [1.54, 1.807) is 48.5 Å². The molecule has 3 aromatic rings. The Balaban J connectivity index is 1.82. The zero-order valence-electron chi connectivity index (χ0n) is 15.9. The molecule has 0 aliphatic rings. The van der Waals surface area contributed by atoms with Gasteiger partial charge in [0.05, 0.1) is 23.6 Å². The highest BCUT2D eigenvalue weighted by Crippen LogP contribution is 2.19. The minimum atomic E-state index is -0.938. The molecule has 7 heteroatoms. The van der Waals surface area contributed by atoms with Crippen molar-refractivity contribution in [1.82, 2.24) is 4.98 Å². The fourth-order valence-corrected chi connectivity index (χ4v) is 2.76. The van der Waals surface area contributed by atoms with Crippen molar-refractivity contribution in [1.29, 1.82) is 5.26 Å². The fraction of sp³-hybridized carbons (Fsp3) is 0.0870. The number of carbonyl (C=O) groups excluding carboxylic acids is 3. The zero-order valence-corrected chi connectivity index (χ0v) is 15.9. The smallest absolute Gasteiger partial charge is 0.348 e. The fourth-order valence-electron chi connectivity index (χ4n) is 2.76. The molecule has 1 aromatic heterocycles. The Bertz CT molecular complexity index is 1120. The summed E-state index contributed by atoms with van der Waals surface area (Å²) in [4.78, 5) is 42.0. The van der Waals surface area contributed by atoms with E-state index in [1.165, 1.54) is 24.4 Å². The van der Waals surface area contributed by atoms with E-state index in [9.17, 15) is 14.4 Å². The van der Waals surface area contributed by atoms with Crippen LogP contribution < -0.4 is 5.32 Å². The molecule has 1 heterocycles. The monoisotopic (exact) mass is 399 g/mol. The van der Waals surface area contributed by atoms with Gasteiger partial charge in [-0.05, 0) is 30.3 Å². The number of nitrogens with zero attached hydrogens (tertiary/aromatic N) is 2. The number of ketones is 1. The third kappa shape index (κ3) is 4.75. The van der Waals surface area contributed by atoms with E-state index in [4.69, 9.17) is 10.00 Å². The molecular formula is C23H17N3O4. The summed E-state index contributed by atoms with van der Waals surface area (Å²) in [6.45, 7) is 0.343. The average Bonchev–Trinajstić information content (AvgIpc) is 2.79. The van der Waals surface area contributed by atoms with Gasteiger partial charge in [0.15, 0.2) is 0 Å². The number of para-hydroxylation sites is 1. The van der Waals surface area contributed by atoms with Crippen LogP contribution in [0.25, 0.3) is 0 Å². The standard InChI is InChI=1S/C23H17N3O4/c24-13-7-15-25-19-11-4-3-10-18(19)23(29)30-22(28)17-9-2-1-8-16(17)21(27)20-12-5-6-14-26-20/h1-6,8-12,14,25H,7,15H2. The van der Waals surface area contributed by atoms with Crippen LogP contribution in [-0.4, -0.2) is 29.3 Å². The number of esters is 2. The molecule has 3 rings (SSSR count). The molecule has 0 bridgehead atoms. The normalized spacial score (nSPS) is 9.97. The minimum absolute atomic E-state index is 0.0311. The van der Waals surface area contributed by atoms with Gasteiger partial charge in [0.2, 0.25) is 5.78 Å². The number of nitrogens with one attached hydrogen (secondary N) is 1. The number of hydrogen-bond donors (Lipinski definition) is 1. The van der Waals surface area contributed by atoms with E-state index in [1.807, 2.05) is 6.07 Å². The first-order valence-electron chi connectivity index (χ1n) is 9.13. The second kappa shape index (κ2) is 9.75. The lowest BCUT2D eigenvalue weighted by atomic mass is 10.0. The van der Waals surface area contributed by atoms with E-state index in [0.717, 1.165) is 0 Å². The van der Waals surface area contributed by atoms with Crippen LogP contribution in [0.1, 0.15) is 43.2 Å². The number of aromatic nitrogens is 1. The van der Waals surface area contributed by atoms with Gasteiger partial charge < -0.3 is 10.1 Å². The molecule has 0 aliphatic carbocycles. The van der Waals surface area contributed by atoms with E-state index in [2.05, 4.69) is 10.3 Å². The van der Waals surface area contributed by atoms with Crippen LogP contribution >= 0.6 is 0 Å². The number of nitriles is 1. The van der Waals surface area contributed by atoms with E-state index in [-0.39, 0.29) is 28.8 Å². The SMILES string of the molecule is N#CCCNc1ccccc1C(=O)OC(=O)c1ccccc1C(=O)c1ccccn1. The van der Waals surface area contributed by atoms with Gasteiger partial charge in [-0.25, -0.2) is 9.59 Å². The Morgan fingerprint density at radius 2 is 1.50 bits per heavy atom. The second-order valence-corrected chi connectivity index (χ2v) is 6.15. The van der Waals surface area contributed by atoms with Crippen molar-refractivity contribution in [3.05, 3.63) is 95.3 Å². The number of anilines is 1. The quantitative estimate of drug-likeness (QED) is 0.280. The highest BCUT2D eigenvalue weighted by Gasteiger charge is 2.23. The van der Waals surface area contributed by atoms with Gasteiger partial charge in [-0.1, -0.05) is 36.4 Å². The molecule has 0 atom stereocenters. The Kier molecular flexibility index (Phi) is 6.64. The van der Waals surface area contributed by atoms with Gasteiger partial charge in [-0.15, -0.1) is 0 Å². The molecular weight excluding hydrogens is 382 g/mol. The van der Waals surface area contributed by atoms with Gasteiger partial charge in [0.1, 0.15) is 5.69 Å². The Labute approximate surface area is 172 Å². The molecule has 0 saturated heterocycles. The Morgan fingerprint density at radius 1 is 0.867 bits per heavy atom. The molecule has 148 valence electrons. The van der Waals surface area contributed by atoms with Gasteiger partial charge in [0, 0.05) is 24.0 Å². The van der Waals surface area contributed by atoms with E-state index >= 15 is 0 Å². The molecule has 7 nitrogen and oxygen atoms in total. The van der Waals surface area contributed by atoms with Crippen molar-refractivity contribution >= 4 is 23.4 Å². The summed E-state index contributed by atoms with van der Waals surface area (Å²) in [6, 6.07) is 19.5. The lowest BCUT2D eigenvalue weighted by molar-refractivity contribution is 0.0396. The summed E-state index contributed by atoms with van der Waals surface area (Å²) in [5.41, 5.74) is 0.836. The number of ether oxygens (including phenoxy) is 1. The van der Waals surface area contributed by atoms with Crippen molar-refractivity contribution in [2.75, 3.05) is 11.9 Å². The molecule has 2 aromatic carbocycles. The molecule has 0 aliphatic heterocycles. The van der Waals surface area contributed by atoms with Crippen LogP contribution in [0.2, 0.25) is 0 Å². The largest absolute Gasteiger partial charge is 0.386 e. The van der Waals surface area contributed by atoms with Crippen LogP contribution in [0.5, 0.6) is 0 Å². The van der Waals surface area contributed by atoms with Crippen molar-refractivity contribution in [2.45, 2.75) is 6.42 Å². The first-order valence-corrected chi connectivity index (χ1v) is 9.13. The van der Waals surface area contributed by atoms with Crippen molar-refractivity contribution in [3.63, 3.8) is 0 Å². The highest BCUT2D eigenvalue weighted by molar-refractivity contribution is 6.15. The van der Waals surface area contributed by atoms with Crippen LogP contribution in [-0.2, 0) is 4.74 Å². The molecule has 0 radical (unpaired) electrons. The molecule has 0 fully saturated rings. The van der Waals surface area contributed by atoms with Crippen molar-refractivity contribution in [2.24, 2.45) is 0 Å². The van der Waals surface area contributed by atoms with E-state index in [0.29, 0.717) is 12.2 Å². The highest BCUT2D eigenvalue weighted by atomic mass is 16.6. The van der Waals surface area contributed by atoms with Crippen LogP contribution in [0.3, 0.4) is 0 Å². The minimum Gasteiger partial charge on any atom is -0.386 e. The van der Waals surface area contributed by atoms with Crippen LogP contribution in [0, 0.1) is 11.3 Å². The number of benzene rings is 2. The summed E-state index contributed by atoms with van der Waals surface area (Å²) in [7, 11) is 0. The lowest BCUT2D eigenvalue weighted by Gasteiger charge is -2.11. The third-order valence-electron chi connectivity index (χ3n) is 4.17. The van der Waals surface area contributed by atoms with Gasteiger partial charge in [0.25, 0.3) is 0 Å². The molecule has 30 heavy (non-hydrogen) atoms. The second-order valence-electron chi connectivity index (χ2n) is 6.15. The van der Waals surface area contributed by atoms with Crippen LogP contribution in [0.15, 0.2) is 72.9 Å². The summed E-state index contributed by atoms with van der Waals surface area (Å²) < 4.78 is 5.04. The number of carbonyl (C=O) groups is 3. The number of pyridine rings is 1. The Morgan fingerprint density at radius 3 is 2.20 bits per heavy atom. The maximum Gasteiger partial charge on any atom is 0.348 e. The summed E-state index contributed by atoms with van der Waals surface area (Å²) >= 11 is 0. The predicted molar refractivity (Wildman–Crippen MR) is 109 cm³/mol. The van der Waals surface area contributed by atoms with E-state index < -0.39 is 17.7 Å². The maximum atomic E-state index is 12.7. The Hall–Kier alpha value is -4.31. The molecule has 0 amide bonds.